The number of aliphatic hydroxyl groups excluding tert-OH is 1. The van der Waals surface area contributed by atoms with Crippen LogP contribution in [-0.2, 0) is 14.3 Å². The van der Waals surface area contributed by atoms with Crippen LogP contribution in [0.4, 0.5) is 0 Å². The first kappa shape index (κ1) is 15.9. The van der Waals surface area contributed by atoms with Gasteiger partial charge in [-0.05, 0) is 19.3 Å². The zero-order chi connectivity index (χ0) is 14.4. The largest absolute Gasteiger partial charge is 0.465 e. The van der Waals surface area contributed by atoms with E-state index in [1.165, 1.54) is 4.90 Å². The van der Waals surface area contributed by atoms with E-state index in [9.17, 15) is 14.7 Å². The number of rotatable bonds is 6. The van der Waals surface area contributed by atoms with Gasteiger partial charge in [0.1, 0.15) is 6.54 Å². The number of nitrogens with zero attached hydrogens (tertiary/aromatic N) is 1. The van der Waals surface area contributed by atoms with Gasteiger partial charge in [0.05, 0.1) is 18.8 Å². The van der Waals surface area contributed by atoms with Crippen LogP contribution in [0.1, 0.15) is 27.2 Å². The Morgan fingerprint density at radius 1 is 1.47 bits per heavy atom. The first-order valence-electron chi connectivity index (χ1n) is 6.79. The minimum Gasteiger partial charge on any atom is -0.465 e. The van der Waals surface area contributed by atoms with Gasteiger partial charge in [-0.25, -0.2) is 0 Å². The lowest BCUT2D eigenvalue weighted by atomic mass is 10.1. The number of aliphatic hydroxyl groups is 1. The summed E-state index contributed by atoms with van der Waals surface area (Å²) in [6, 6.07) is -0.400. The van der Waals surface area contributed by atoms with Gasteiger partial charge in [-0.2, -0.15) is 0 Å². The summed E-state index contributed by atoms with van der Waals surface area (Å²) in [5.41, 5.74) is 0. The number of amides is 1. The molecule has 0 saturated carbocycles. The second-order valence-corrected chi connectivity index (χ2v) is 5.27. The summed E-state index contributed by atoms with van der Waals surface area (Å²) in [6.45, 7) is 6.92. The SMILES string of the molecule is CCOC(=O)CN(CC(C)C)C(=O)C1CC(O)CN1. The van der Waals surface area contributed by atoms with Crippen LogP contribution in [-0.4, -0.2) is 60.3 Å². The molecule has 2 atom stereocenters. The van der Waals surface area contributed by atoms with E-state index >= 15 is 0 Å². The predicted octanol–water partition coefficient (Wildman–Crippen LogP) is -0.243. The van der Waals surface area contributed by atoms with Gasteiger partial charge in [-0.1, -0.05) is 13.8 Å². The Kier molecular flexibility index (Phi) is 6.24. The quantitative estimate of drug-likeness (QED) is 0.652. The molecular formula is C13H24N2O4. The molecule has 6 nitrogen and oxygen atoms in total. The molecule has 2 N–H and O–H groups in total. The zero-order valence-electron chi connectivity index (χ0n) is 11.9. The van der Waals surface area contributed by atoms with Crippen molar-refractivity contribution in [2.45, 2.75) is 39.3 Å². The molecule has 1 fully saturated rings. The summed E-state index contributed by atoms with van der Waals surface area (Å²) in [6.07, 6.45) is -0.0894. The van der Waals surface area contributed by atoms with Crippen LogP contribution in [0.3, 0.4) is 0 Å². The second-order valence-electron chi connectivity index (χ2n) is 5.27. The summed E-state index contributed by atoms with van der Waals surface area (Å²) in [7, 11) is 0. The normalized spacial score (nSPS) is 22.6. The number of carbonyl (C=O) groups excluding carboxylic acids is 2. The smallest absolute Gasteiger partial charge is 0.325 e. The first-order valence-corrected chi connectivity index (χ1v) is 6.79. The number of carbonyl (C=O) groups is 2. The summed E-state index contributed by atoms with van der Waals surface area (Å²) in [5.74, 6) is -0.266. The van der Waals surface area contributed by atoms with Crippen molar-refractivity contribution in [3.8, 4) is 0 Å². The fourth-order valence-corrected chi connectivity index (χ4v) is 2.16. The predicted molar refractivity (Wildman–Crippen MR) is 70.5 cm³/mol. The molecule has 0 radical (unpaired) electrons. The van der Waals surface area contributed by atoms with E-state index in [1.54, 1.807) is 6.92 Å². The number of hydrogen-bond donors (Lipinski definition) is 2. The summed E-state index contributed by atoms with van der Waals surface area (Å²) in [5, 5.41) is 12.4. The molecule has 1 saturated heterocycles. The summed E-state index contributed by atoms with van der Waals surface area (Å²) >= 11 is 0. The molecular weight excluding hydrogens is 248 g/mol. The van der Waals surface area contributed by atoms with E-state index in [-0.39, 0.29) is 18.4 Å². The van der Waals surface area contributed by atoms with Crippen molar-refractivity contribution in [3.63, 3.8) is 0 Å². The molecule has 1 aliphatic rings. The zero-order valence-corrected chi connectivity index (χ0v) is 11.9. The van der Waals surface area contributed by atoms with E-state index in [0.29, 0.717) is 26.1 Å². The Morgan fingerprint density at radius 3 is 2.63 bits per heavy atom. The fourth-order valence-electron chi connectivity index (χ4n) is 2.16. The van der Waals surface area contributed by atoms with Crippen LogP contribution in [0, 0.1) is 5.92 Å². The van der Waals surface area contributed by atoms with Crippen molar-refractivity contribution in [2.24, 2.45) is 5.92 Å². The Hall–Kier alpha value is -1.14. The van der Waals surface area contributed by atoms with E-state index < -0.39 is 18.1 Å². The molecule has 1 heterocycles. The molecule has 110 valence electrons. The van der Waals surface area contributed by atoms with Crippen molar-refractivity contribution in [1.29, 1.82) is 0 Å². The minimum absolute atomic E-state index is 0.0286. The van der Waals surface area contributed by atoms with Crippen LogP contribution in [0.5, 0.6) is 0 Å². The monoisotopic (exact) mass is 272 g/mol. The van der Waals surface area contributed by atoms with Gasteiger partial charge in [-0.3, -0.25) is 9.59 Å². The highest BCUT2D eigenvalue weighted by molar-refractivity contribution is 5.86. The highest BCUT2D eigenvalue weighted by Gasteiger charge is 2.32. The van der Waals surface area contributed by atoms with Crippen molar-refractivity contribution in [1.82, 2.24) is 10.2 Å². The van der Waals surface area contributed by atoms with Gasteiger partial charge in [0.2, 0.25) is 5.91 Å². The third-order valence-electron chi connectivity index (χ3n) is 2.93. The molecule has 0 aromatic rings. The van der Waals surface area contributed by atoms with Crippen LogP contribution in [0.2, 0.25) is 0 Å². The van der Waals surface area contributed by atoms with E-state index in [0.717, 1.165) is 0 Å². The number of β-amino-alcohol motifs (C(OH)–C–C–N with tert-alkyl or cyclic N) is 1. The standard InChI is InChI=1S/C13H24N2O4/c1-4-19-12(17)8-15(7-9(2)3)13(18)11-5-10(16)6-14-11/h9-11,14,16H,4-8H2,1-3H3. The average molecular weight is 272 g/mol. The highest BCUT2D eigenvalue weighted by Crippen LogP contribution is 2.11. The van der Waals surface area contributed by atoms with Crippen LogP contribution in [0.25, 0.3) is 0 Å². The van der Waals surface area contributed by atoms with Crippen molar-refractivity contribution in [3.05, 3.63) is 0 Å². The molecule has 19 heavy (non-hydrogen) atoms. The molecule has 0 spiro atoms. The Morgan fingerprint density at radius 2 is 2.16 bits per heavy atom. The van der Waals surface area contributed by atoms with Gasteiger partial charge < -0.3 is 20.1 Å². The number of ether oxygens (including phenoxy) is 1. The Bertz CT molecular complexity index is 320. The molecule has 2 unspecified atom stereocenters. The topological polar surface area (TPSA) is 78.9 Å². The minimum atomic E-state index is -0.488. The first-order chi connectivity index (χ1) is 8.93. The van der Waals surface area contributed by atoms with Gasteiger partial charge in [0.25, 0.3) is 0 Å². The second kappa shape index (κ2) is 7.45. The molecule has 6 heteroatoms. The van der Waals surface area contributed by atoms with Crippen LogP contribution in [0.15, 0.2) is 0 Å². The number of hydrogen-bond acceptors (Lipinski definition) is 5. The van der Waals surface area contributed by atoms with Crippen molar-refractivity contribution < 1.29 is 19.4 Å². The van der Waals surface area contributed by atoms with E-state index in [1.807, 2.05) is 13.8 Å². The lowest BCUT2D eigenvalue weighted by molar-refractivity contribution is -0.149. The van der Waals surface area contributed by atoms with Crippen molar-refractivity contribution >= 4 is 11.9 Å². The van der Waals surface area contributed by atoms with Gasteiger partial charge >= 0.3 is 5.97 Å². The number of esters is 1. The third kappa shape index (κ3) is 5.16. The van der Waals surface area contributed by atoms with Gasteiger partial charge in [-0.15, -0.1) is 0 Å². The maximum absolute atomic E-state index is 12.3. The molecule has 0 aromatic carbocycles. The Labute approximate surface area is 114 Å². The van der Waals surface area contributed by atoms with Crippen LogP contribution >= 0.6 is 0 Å². The molecule has 0 aromatic heterocycles. The highest BCUT2D eigenvalue weighted by atomic mass is 16.5. The third-order valence-corrected chi connectivity index (χ3v) is 2.93. The maximum Gasteiger partial charge on any atom is 0.325 e. The van der Waals surface area contributed by atoms with E-state index in [4.69, 9.17) is 4.74 Å². The molecule has 0 aliphatic carbocycles. The molecule has 1 aliphatic heterocycles. The molecule has 0 bridgehead atoms. The average Bonchev–Trinajstić information content (AvgIpc) is 2.73. The fraction of sp³-hybridized carbons (Fsp3) is 0.846. The van der Waals surface area contributed by atoms with Crippen molar-refractivity contribution in [2.75, 3.05) is 26.2 Å². The lowest BCUT2D eigenvalue weighted by Gasteiger charge is -2.26. The number of nitrogens with one attached hydrogen (secondary N) is 1. The maximum atomic E-state index is 12.3. The summed E-state index contributed by atoms with van der Waals surface area (Å²) < 4.78 is 4.89. The lowest BCUT2D eigenvalue weighted by Crippen LogP contribution is -2.47. The van der Waals surface area contributed by atoms with Crippen LogP contribution < -0.4 is 5.32 Å². The van der Waals surface area contributed by atoms with Gasteiger partial charge in [0, 0.05) is 13.1 Å². The summed E-state index contributed by atoms with van der Waals surface area (Å²) in [4.78, 5) is 25.4. The van der Waals surface area contributed by atoms with Gasteiger partial charge in [0.15, 0.2) is 0 Å². The molecule has 1 amide bonds. The van der Waals surface area contributed by atoms with E-state index in [2.05, 4.69) is 5.32 Å². The Balaban J connectivity index is 2.61. The molecule has 1 rings (SSSR count).